The van der Waals surface area contributed by atoms with Crippen LogP contribution in [0.1, 0.15) is 11.6 Å². The van der Waals surface area contributed by atoms with Gasteiger partial charge in [-0.3, -0.25) is 4.79 Å². The number of nitrogens with one attached hydrogen (secondary N) is 1. The molecule has 0 saturated heterocycles. The third-order valence-corrected chi connectivity index (χ3v) is 2.66. The van der Waals surface area contributed by atoms with E-state index in [1.54, 1.807) is 11.8 Å². The molecule has 1 rings (SSSR count). The van der Waals surface area contributed by atoms with Crippen LogP contribution in [0, 0.1) is 0 Å². The number of thioether (sulfide) groups is 1. The predicted octanol–water partition coefficient (Wildman–Crippen LogP) is 1.17. The SMILES string of the molecule is CSCCNC(=O)[C@H](N)c1ccccc1. The molecule has 82 valence electrons. The minimum Gasteiger partial charge on any atom is -0.354 e. The van der Waals surface area contributed by atoms with Gasteiger partial charge in [0.1, 0.15) is 6.04 Å². The van der Waals surface area contributed by atoms with Gasteiger partial charge < -0.3 is 11.1 Å². The van der Waals surface area contributed by atoms with Crippen LogP contribution in [0.5, 0.6) is 0 Å². The fourth-order valence-corrected chi connectivity index (χ4v) is 1.50. The van der Waals surface area contributed by atoms with Gasteiger partial charge in [-0.05, 0) is 11.8 Å². The summed E-state index contributed by atoms with van der Waals surface area (Å²) in [4.78, 5) is 11.6. The topological polar surface area (TPSA) is 55.1 Å². The van der Waals surface area contributed by atoms with Crippen LogP contribution in [0.2, 0.25) is 0 Å². The van der Waals surface area contributed by atoms with Crippen LogP contribution in [0.15, 0.2) is 30.3 Å². The number of rotatable bonds is 5. The maximum atomic E-state index is 11.6. The number of hydrogen-bond acceptors (Lipinski definition) is 3. The van der Waals surface area contributed by atoms with Crippen molar-refractivity contribution in [3.05, 3.63) is 35.9 Å². The Morgan fingerprint density at radius 2 is 2.13 bits per heavy atom. The van der Waals surface area contributed by atoms with Crippen molar-refractivity contribution < 1.29 is 4.79 Å². The summed E-state index contributed by atoms with van der Waals surface area (Å²) < 4.78 is 0. The summed E-state index contributed by atoms with van der Waals surface area (Å²) in [6.45, 7) is 0.667. The molecular formula is C11H16N2OS. The lowest BCUT2D eigenvalue weighted by Gasteiger charge is -2.11. The van der Waals surface area contributed by atoms with Crippen LogP contribution in [0.4, 0.5) is 0 Å². The summed E-state index contributed by atoms with van der Waals surface area (Å²) in [6, 6.07) is 8.82. The Labute approximate surface area is 94.4 Å². The minimum absolute atomic E-state index is 0.116. The monoisotopic (exact) mass is 224 g/mol. The summed E-state index contributed by atoms with van der Waals surface area (Å²) in [6.07, 6.45) is 2.00. The first kappa shape index (κ1) is 12.1. The van der Waals surface area contributed by atoms with E-state index in [9.17, 15) is 4.79 Å². The van der Waals surface area contributed by atoms with Gasteiger partial charge in [-0.1, -0.05) is 30.3 Å². The molecule has 4 heteroatoms. The van der Waals surface area contributed by atoms with Crippen molar-refractivity contribution in [2.45, 2.75) is 6.04 Å². The second-order valence-corrected chi connectivity index (χ2v) is 4.16. The van der Waals surface area contributed by atoms with Crippen LogP contribution in [-0.4, -0.2) is 24.5 Å². The van der Waals surface area contributed by atoms with Crippen LogP contribution in [-0.2, 0) is 4.79 Å². The van der Waals surface area contributed by atoms with Gasteiger partial charge in [0, 0.05) is 12.3 Å². The van der Waals surface area contributed by atoms with Gasteiger partial charge in [0.2, 0.25) is 5.91 Å². The zero-order valence-electron chi connectivity index (χ0n) is 8.77. The molecule has 1 aromatic rings. The first-order valence-corrected chi connectivity index (χ1v) is 6.22. The highest BCUT2D eigenvalue weighted by molar-refractivity contribution is 7.98. The molecule has 1 atom stereocenters. The molecule has 0 radical (unpaired) electrons. The predicted molar refractivity (Wildman–Crippen MR) is 64.8 cm³/mol. The maximum Gasteiger partial charge on any atom is 0.241 e. The molecule has 3 nitrogen and oxygen atoms in total. The summed E-state index contributed by atoms with van der Waals surface area (Å²) in [7, 11) is 0. The quantitative estimate of drug-likeness (QED) is 0.738. The third kappa shape index (κ3) is 3.93. The lowest BCUT2D eigenvalue weighted by atomic mass is 10.1. The Morgan fingerprint density at radius 1 is 1.47 bits per heavy atom. The van der Waals surface area contributed by atoms with E-state index in [-0.39, 0.29) is 5.91 Å². The fourth-order valence-electron chi connectivity index (χ4n) is 1.20. The first-order valence-electron chi connectivity index (χ1n) is 4.83. The van der Waals surface area contributed by atoms with Crippen molar-refractivity contribution in [1.29, 1.82) is 0 Å². The second kappa shape index (κ2) is 6.48. The molecule has 1 aromatic carbocycles. The molecule has 0 heterocycles. The Hall–Kier alpha value is -1.00. The van der Waals surface area contributed by atoms with Crippen molar-refractivity contribution in [1.82, 2.24) is 5.32 Å². The fraction of sp³-hybridized carbons (Fsp3) is 0.364. The van der Waals surface area contributed by atoms with Crippen LogP contribution < -0.4 is 11.1 Å². The van der Waals surface area contributed by atoms with Gasteiger partial charge >= 0.3 is 0 Å². The summed E-state index contributed by atoms with van der Waals surface area (Å²) in [5, 5.41) is 2.80. The van der Waals surface area contributed by atoms with Gasteiger partial charge in [-0.15, -0.1) is 0 Å². The van der Waals surface area contributed by atoms with Crippen molar-refractivity contribution in [3.8, 4) is 0 Å². The van der Waals surface area contributed by atoms with Gasteiger partial charge in [-0.2, -0.15) is 11.8 Å². The van der Waals surface area contributed by atoms with E-state index in [2.05, 4.69) is 5.32 Å². The zero-order chi connectivity index (χ0) is 11.1. The number of hydrogen-bond donors (Lipinski definition) is 2. The number of carbonyl (C=O) groups excluding carboxylic acids is 1. The molecule has 0 aromatic heterocycles. The highest BCUT2D eigenvalue weighted by Crippen LogP contribution is 2.08. The molecule has 0 aliphatic heterocycles. The van der Waals surface area contributed by atoms with Gasteiger partial charge in [0.15, 0.2) is 0 Å². The van der Waals surface area contributed by atoms with Crippen LogP contribution in [0.3, 0.4) is 0 Å². The van der Waals surface area contributed by atoms with E-state index >= 15 is 0 Å². The Balaban J connectivity index is 2.46. The third-order valence-electron chi connectivity index (χ3n) is 2.05. The van der Waals surface area contributed by atoms with E-state index in [0.717, 1.165) is 11.3 Å². The highest BCUT2D eigenvalue weighted by atomic mass is 32.2. The lowest BCUT2D eigenvalue weighted by molar-refractivity contribution is -0.122. The maximum absolute atomic E-state index is 11.6. The molecule has 0 saturated carbocycles. The average Bonchev–Trinajstić information content (AvgIpc) is 2.29. The van der Waals surface area contributed by atoms with Crippen LogP contribution in [0.25, 0.3) is 0 Å². The molecule has 3 N–H and O–H groups in total. The Kier molecular flexibility index (Phi) is 5.21. The van der Waals surface area contributed by atoms with Crippen molar-refractivity contribution in [3.63, 3.8) is 0 Å². The largest absolute Gasteiger partial charge is 0.354 e. The molecule has 0 aliphatic carbocycles. The second-order valence-electron chi connectivity index (χ2n) is 3.17. The van der Waals surface area contributed by atoms with Gasteiger partial charge in [0.05, 0.1) is 0 Å². The summed E-state index contributed by atoms with van der Waals surface area (Å²) >= 11 is 1.70. The molecule has 0 bridgehead atoms. The van der Waals surface area contributed by atoms with Gasteiger partial charge in [0.25, 0.3) is 0 Å². The normalized spacial score (nSPS) is 12.1. The molecule has 0 spiro atoms. The summed E-state index contributed by atoms with van der Waals surface area (Å²) in [5.74, 6) is 0.794. The number of carbonyl (C=O) groups is 1. The molecule has 1 amide bonds. The van der Waals surface area contributed by atoms with E-state index < -0.39 is 6.04 Å². The molecular weight excluding hydrogens is 208 g/mol. The lowest BCUT2D eigenvalue weighted by Crippen LogP contribution is -2.35. The average molecular weight is 224 g/mol. The number of amides is 1. The number of benzene rings is 1. The molecule has 0 unspecified atom stereocenters. The van der Waals surface area contributed by atoms with Gasteiger partial charge in [-0.25, -0.2) is 0 Å². The van der Waals surface area contributed by atoms with E-state index in [1.165, 1.54) is 0 Å². The Bertz CT molecular complexity index is 303. The Morgan fingerprint density at radius 3 is 2.73 bits per heavy atom. The van der Waals surface area contributed by atoms with Crippen molar-refractivity contribution in [2.24, 2.45) is 5.73 Å². The van der Waals surface area contributed by atoms with Crippen molar-refractivity contribution >= 4 is 17.7 Å². The molecule has 0 aliphatic rings. The first-order chi connectivity index (χ1) is 7.25. The smallest absolute Gasteiger partial charge is 0.241 e. The summed E-state index contributed by atoms with van der Waals surface area (Å²) in [5.41, 5.74) is 6.65. The zero-order valence-corrected chi connectivity index (χ0v) is 9.59. The molecule has 15 heavy (non-hydrogen) atoms. The highest BCUT2D eigenvalue weighted by Gasteiger charge is 2.13. The van der Waals surface area contributed by atoms with E-state index in [4.69, 9.17) is 5.73 Å². The molecule has 0 fully saturated rings. The van der Waals surface area contributed by atoms with E-state index in [1.807, 2.05) is 36.6 Å². The minimum atomic E-state index is -0.562. The number of nitrogens with two attached hydrogens (primary N) is 1. The van der Waals surface area contributed by atoms with Crippen molar-refractivity contribution in [2.75, 3.05) is 18.6 Å². The van der Waals surface area contributed by atoms with E-state index in [0.29, 0.717) is 6.54 Å². The standard InChI is InChI=1S/C11H16N2OS/c1-15-8-7-13-11(14)10(12)9-5-3-2-4-6-9/h2-6,10H,7-8,12H2,1H3,(H,13,14)/t10-/m1/s1. The van der Waals surface area contributed by atoms with Crippen LogP contribution >= 0.6 is 11.8 Å².